The minimum absolute atomic E-state index is 0.437. The molecule has 0 aromatic heterocycles. The van der Waals surface area contributed by atoms with Crippen molar-refractivity contribution in [1.29, 1.82) is 0 Å². The molecule has 16 heavy (non-hydrogen) atoms. The van der Waals surface area contributed by atoms with Crippen LogP contribution in [0.25, 0.3) is 0 Å². The maximum absolute atomic E-state index is 5.16. The Hall–Kier alpha value is -1.02. The third-order valence-electron chi connectivity index (χ3n) is 3.53. The number of methoxy groups -OCH3 is 1. The summed E-state index contributed by atoms with van der Waals surface area (Å²) in [5, 5.41) is 3.67. The highest BCUT2D eigenvalue weighted by Gasteiger charge is 2.35. The van der Waals surface area contributed by atoms with E-state index in [2.05, 4.69) is 31.3 Å². The van der Waals surface area contributed by atoms with E-state index in [0.717, 1.165) is 17.7 Å². The highest BCUT2D eigenvalue weighted by molar-refractivity contribution is 5.29. The Balaban J connectivity index is 1.90. The largest absolute Gasteiger partial charge is 0.497 e. The van der Waals surface area contributed by atoms with Gasteiger partial charge in [0.1, 0.15) is 5.75 Å². The van der Waals surface area contributed by atoms with E-state index in [9.17, 15) is 0 Å². The molecular formula is C14H21NO. The van der Waals surface area contributed by atoms with Crippen LogP contribution in [-0.2, 0) is 0 Å². The fourth-order valence-electron chi connectivity index (χ4n) is 2.21. The number of hydrogen-bond donors (Lipinski definition) is 1. The van der Waals surface area contributed by atoms with Gasteiger partial charge in [0, 0.05) is 12.1 Å². The zero-order valence-corrected chi connectivity index (χ0v) is 10.4. The first-order chi connectivity index (χ1) is 7.74. The van der Waals surface area contributed by atoms with Gasteiger partial charge in [-0.25, -0.2) is 0 Å². The molecule has 1 aliphatic rings. The summed E-state index contributed by atoms with van der Waals surface area (Å²) in [5.41, 5.74) is 1.34. The van der Waals surface area contributed by atoms with Gasteiger partial charge in [0.05, 0.1) is 7.11 Å². The first-order valence-electron chi connectivity index (χ1n) is 6.14. The van der Waals surface area contributed by atoms with Gasteiger partial charge in [-0.1, -0.05) is 25.5 Å². The van der Waals surface area contributed by atoms with Gasteiger partial charge in [-0.15, -0.1) is 0 Å². The number of benzene rings is 1. The summed E-state index contributed by atoms with van der Waals surface area (Å²) in [5.74, 6) is 1.83. The second-order valence-electron chi connectivity index (χ2n) is 4.67. The lowest BCUT2D eigenvalue weighted by Crippen LogP contribution is -2.22. The van der Waals surface area contributed by atoms with Gasteiger partial charge in [-0.3, -0.25) is 0 Å². The zero-order chi connectivity index (χ0) is 11.5. The second kappa shape index (κ2) is 4.88. The molecule has 1 N–H and O–H groups in total. The van der Waals surface area contributed by atoms with Crippen molar-refractivity contribution in [3.05, 3.63) is 29.8 Å². The van der Waals surface area contributed by atoms with Crippen LogP contribution < -0.4 is 10.1 Å². The van der Waals surface area contributed by atoms with Crippen molar-refractivity contribution in [2.75, 3.05) is 7.11 Å². The summed E-state index contributed by atoms with van der Waals surface area (Å²) in [6, 6.07) is 9.50. The molecule has 2 nitrogen and oxygen atoms in total. The lowest BCUT2D eigenvalue weighted by molar-refractivity contribution is 0.414. The van der Waals surface area contributed by atoms with E-state index in [0.29, 0.717) is 6.04 Å². The predicted molar refractivity (Wildman–Crippen MR) is 66.7 cm³/mol. The van der Waals surface area contributed by atoms with E-state index in [1.165, 1.54) is 18.4 Å². The molecule has 0 heterocycles. The fourth-order valence-corrected chi connectivity index (χ4v) is 2.21. The number of nitrogens with one attached hydrogen (secondary N) is 1. The van der Waals surface area contributed by atoms with E-state index in [1.54, 1.807) is 7.11 Å². The van der Waals surface area contributed by atoms with Gasteiger partial charge in [0.25, 0.3) is 0 Å². The third kappa shape index (κ3) is 2.56. The number of ether oxygens (including phenoxy) is 1. The number of hydrogen-bond acceptors (Lipinski definition) is 2. The van der Waals surface area contributed by atoms with Gasteiger partial charge in [0.15, 0.2) is 0 Å². The van der Waals surface area contributed by atoms with E-state index in [-0.39, 0.29) is 0 Å². The van der Waals surface area contributed by atoms with Crippen LogP contribution in [0.2, 0.25) is 0 Å². The summed E-state index contributed by atoms with van der Waals surface area (Å²) < 4.78 is 5.16. The van der Waals surface area contributed by atoms with E-state index in [4.69, 9.17) is 4.74 Å². The molecule has 88 valence electrons. The first-order valence-corrected chi connectivity index (χ1v) is 6.14. The van der Waals surface area contributed by atoms with Gasteiger partial charge in [-0.2, -0.15) is 0 Å². The average Bonchev–Trinajstić information content (AvgIpc) is 3.07. The molecular weight excluding hydrogens is 198 g/mol. The van der Waals surface area contributed by atoms with Crippen molar-refractivity contribution in [2.24, 2.45) is 5.92 Å². The molecule has 3 atom stereocenters. The smallest absolute Gasteiger partial charge is 0.118 e. The third-order valence-corrected chi connectivity index (χ3v) is 3.53. The molecule has 0 amide bonds. The standard InChI is InChI=1S/C14H21NO/c1-4-11-9-14(11)15-10(2)12-5-7-13(16-3)8-6-12/h5-8,10-11,14-15H,4,9H2,1-3H3. The SMILES string of the molecule is CCC1CC1NC(C)c1ccc(OC)cc1. The molecule has 0 radical (unpaired) electrons. The molecule has 0 saturated heterocycles. The molecule has 1 aromatic carbocycles. The fraction of sp³-hybridized carbons (Fsp3) is 0.571. The van der Waals surface area contributed by atoms with Crippen LogP contribution in [0.1, 0.15) is 38.3 Å². The lowest BCUT2D eigenvalue weighted by atomic mass is 10.1. The Morgan fingerprint density at radius 1 is 1.38 bits per heavy atom. The van der Waals surface area contributed by atoms with Gasteiger partial charge < -0.3 is 10.1 Å². The maximum Gasteiger partial charge on any atom is 0.118 e. The minimum Gasteiger partial charge on any atom is -0.497 e. The molecule has 3 unspecified atom stereocenters. The van der Waals surface area contributed by atoms with E-state index >= 15 is 0 Å². The van der Waals surface area contributed by atoms with Crippen molar-refractivity contribution < 1.29 is 4.74 Å². The lowest BCUT2D eigenvalue weighted by Gasteiger charge is -2.14. The first kappa shape index (κ1) is 11.5. The van der Waals surface area contributed by atoms with Gasteiger partial charge in [0.2, 0.25) is 0 Å². The normalized spacial score (nSPS) is 25.2. The van der Waals surface area contributed by atoms with Crippen molar-refractivity contribution in [2.45, 2.75) is 38.8 Å². The van der Waals surface area contributed by atoms with Crippen LogP contribution >= 0.6 is 0 Å². The van der Waals surface area contributed by atoms with Crippen LogP contribution in [0.4, 0.5) is 0 Å². The summed E-state index contributed by atoms with van der Waals surface area (Å²) in [6.07, 6.45) is 2.64. The maximum atomic E-state index is 5.16. The predicted octanol–water partition coefficient (Wildman–Crippen LogP) is 3.14. The van der Waals surface area contributed by atoms with Gasteiger partial charge >= 0.3 is 0 Å². The summed E-state index contributed by atoms with van der Waals surface area (Å²) >= 11 is 0. The second-order valence-corrected chi connectivity index (χ2v) is 4.67. The average molecular weight is 219 g/mol. The summed E-state index contributed by atoms with van der Waals surface area (Å²) in [4.78, 5) is 0. The quantitative estimate of drug-likeness (QED) is 0.821. The van der Waals surface area contributed by atoms with E-state index in [1.807, 2.05) is 12.1 Å². The Kier molecular flexibility index (Phi) is 3.49. The minimum atomic E-state index is 0.437. The molecule has 1 aromatic rings. The van der Waals surface area contributed by atoms with Crippen LogP contribution in [-0.4, -0.2) is 13.2 Å². The highest BCUT2D eigenvalue weighted by Crippen LogP contribution is 2.35. The Labute approximate surface area is 98.0 Å². The molecule has 0 aliphatic heterocycles. The number of rotatable bonds is 5. The highest BCUT2D eigenvalue weighted by atomic mass is 16.5. The van der Waals surface area contributed by atoms with Crippen LogP contribution in [0.3, 0.4) is 0 Å². The molecule has 1 saturated carbocycles. The molecule has 2 rings (SSSR count). The van der Waals surface area contributed by atoms with Crippen molar-refractivity contribution >= 4 is 0 Å². The zero-order valence-electron chi connectivity index (χ0n) is 10.4. The van der Waals surface area contributed by atoms with Crippen molar-refractivity contribution in [3.8, 4) is 5.75 Å². The van der Waals surface area contributed by atoms with E-state index < -0.39 is 0 Å². The van der Waals surface area contributed by atoms with Crippen LogP contribution in [0, 0.1) is 5.92 Å². The van der Waals surface area contributed by atoms with Crippen molar-refractivity contribution in [1.82, 2.24) is 5.32 Å². The summed E-state index contributed by atoms with van der Waals surface area (Å²) in [6.45, 7) is 4.50. The molecule has 1 aliphatic carbocycles. The van der Waals surface area contributed by atoms with Crippen LogP contribution in [0.15, 0.2) is 24.3 Å². The molecule has 2 heteroatoms. The Bertz CT molecular complexity index is 333. The Morgan fingerprint density at radius 3 is 2.56 bits per heavy atom. The van der Waals surface area contributed by atoms with Crippen LogP contribution in [0.5, 0.6) is 5.75 Å². The van der Waals surface area contributed by atoms with Crippen molar-refractivity contribution in [3.63, 3.8) is 0 Å². The molecule has 0 bridgehead atoms. The summed E-state index contributed by atoms with van der Waals surface area (Å²) in [7, 11) is 1.70. The Morgan fingerprint density at radius 2 is 2.06 bits per heavy atom. The molecule has 1 fully saturated rings. The topological polar surface area (TPSA) is 21.3 Å². The molecule has 0 spiro atoms. The van der Waals surface area contributed by atoms with Gasteiger partial charge in [-0.05, 0) is 37.0 Å². The monoisotopic (exact) mass is 219 g/mol.